The van der Waals surface area contributed by atoms with Crippen LogP contribution in [0.1, 0.15) is 16.7 Å². The molecule has 0 bridgehead atoms. The second kappa shape index (κ2) is 10.9. The molecule has 190 valence electrons. The monoisotopic (exact) mass is 523 g/mol. The second-order valence-electron chi connectivity index (χ2n) is 9.48. The SMILES string of the molecule is N#Cc1cc(C#N)cc(-c2ccc(N(c3ccc(-c4ccncc4)cc3)c3ccc(C#N)c4ccccc34)cc2)c1. The van der Waals surface area contributed by atoms with Crippen molar-refractivity contribution in [2.24, 2.45) is 0 Å². The first-order valence-electron chi connectivity index (χ1n) is 13.0. The molecule has 5 heteroatoms. The highest BCUT2D eigenvalue weighted by atomic mass is 15.1. The van der Waals surface area contributed by atoms with Gasteiger partial charge in [0.25, 0.3) is 0 Å². The van der Waals surface area contributed by atoms with E-state index >= 15 is 0 Å². The van der Waals surface area contributed by atoms with Crippen LogP contribution in [0.5, 0.6) is 0 Å². The van der Waals surface area contributed by atoms with Gasteiger partial charge in [-0.05, 0) is 89.0 Å². The van der Waals surface area contributed by atoms with Gasteiger partial charge in [0, 0.05) is 34.5 Å². The number of nitriles is 3. The van der Waals surface area contributed by atoms with Gasteiger partial charge in [-0.3, -0.25) is 4.98 Å². The lowest BCUT2D eigenvalue weighted by atomic mass is 9.99. The molecule has 0 aliphatic carbocycles. The topological polar surface area (TPSA) is 87.5 Å². The lowest BCUT2D eigenvalue weighted by Crippen LogP contribution is -2.10. The molecule has 1 heterocycles. The van der Waals surface area contributed by atoms with Crippen LogP contribution >= 0.6 is 0 Å². The molecule has 0 saturated heterocycles. The van der Waals surface area contributed by atoms with Gasteiger partial charge in [-0.1, -0.05) is 48.5 Å². The summed E-state index contributed by atoms with van der Waals surface area (Å²) < 4.78 is 0. The Labute approximate surface area is 238 Å². The van der Waals surface area contributed by atoms with Crippen LogP contribution < -0.4 is 4.90 Å². The molecule has 1 aromatic heterocycles. The molecular formula is C36H21N5. The van der Waals surface area contributed by atoms with Crippen LogP contribution in [-0.2, 0) is 0 Å². The zero-order valence-electron chi connectivity index (χ0n) is 21.9. The third kappa shape index (κ3) is 4.86. The van der Waals surface area contributed by atoms with Crippen LogP contribution in [0.15, 0.2) is 128 Å². The van der Waals surface area contributed by atoms with Gasteiger partial charge < -0.3 is 4.90 Å². The molecule has 0 unspecified atom stereocenters. The first kappa shape index (κ1) is 25.1. The summed E-state index contributed by atoms with van der Waals surface area (Å²) in [5.74, 6) is 0. The summed E-state index contributed by atoms with van der Waals surface area (Å²) in [6.45, 7) is 0. The number of nitrogens with zero attached hydrogens (tertiary/aromatic N) is 5. The summed E-state index contributed by atoms with van der Waals surface area (Å²) in [6.07, 6.45) is 3.57. The molecule has 6 aromatic rings. The Morgan fingerprint density at radius 3 is 1.59 bits per heavy atom. The number of aromatic nitrogens is 1. The van der Waals surface area contributed by atoms with Crippen molar-refractivity contribution in [3.63, 3.8) is 0 Å². The Kier molecular flexibility index (Phi) is 6.65. The Balaban J connectivity index is 1.49. The normalized spacial score (nSPS) is 10.4. The van der Waals surface area contributed by atoms with Crippen LogP contribution in [0.25, 0.3) is 33.0 Å². The Bertz CT molecular complexity index is 1980. The summed E-state index contributed by atoms with van der Waals surface area (Å²) in [6, 6.07) is 43.9. The van der Waals surface area contributed by atoms with E-state index in [1.165, 1.54) is 0 Å². The third-order valence-corrected chi connectivity index (χ3v) is 7.05. The van der Waals surface area contributed by atoms with E-state index in [-0.39, 0.29) is 0 Å². The molecule has 5 nitrogen and oxygen atoms in total. The molecular weight excluding hydrogens is 502 g/mol. The number of benzene rings is 5. The highest BCUT2D eigenvalue weighted by Crippen LogP contribution is 2.41. The molecule has 0 atom stereocenters. The van der Waals surface area contributed by atoms with Gasteiger partial charge in [0.15, 0.2) is 0 Å². The van der Waals surface area contributed by atoms with E-state index in [0.717, 1.165) is 50.1 Å². The van der Waals surface area contributed by atoms with Crippen molar-refractivity contribution >= 4 is 27.8 Å². The van der Waals surface area contributed by atoms with Crippen LogP contribution in [0.2, 0.25) is 0 Å². The summed E-state index contributed by atoms with van der Waals surface area (Å²) in [4.78, 5) is 6.30. The maximum absolute atomic E-state index is 9.74. The zero-order valence-corrected chi connectivity index (χ0v) is 21.9. The van der Waals surface area contributed by atoms with Gasteiger partial charge in [0.05, 0.1) is 40.6 Å². The molecule has 0 aliphatic rings. The van der Waals surface area contributed by atoms with Crippen molar-refractivity contribution in [1.29, 1.82) is 15.8 Å². The minimum atomic E-state index is 0.447. The number of hydrogen-bond acceptors (Lipinski definition) is 5. The largest absolute Gasteiger partial charge is 0.310 e. The molecule has 0 spiro atoms. The lowest BCUT2D eigenvalue weighted by Gasteiger charge is -2.27. The quantitative estimate of drug-likeness (QED) is 0.226. The van der Waals surface area contributed by atoms with Crippen LogP contribution in [-0.4, -0.2) is 4.98 Å². The van der Waals surface area contributed by atoms with Crippen molar-refractivity contribution in [3.8, 4) is 40.5 Å². The minimum absolute atomic E-state index is 0.447. The van der Waals surface area contributed by atoms with E-state index < -0.39 is 0 Å². The Morgan fingerprint density at radius 2 is 1.02 bits per heavy atom. The van der Waals surface area contributed by atoms with Crippen molar-refractivity contribution in [2.45, 2.75) is 0 Å². The Morgan fingerprint density at radius 1 is 0.488 bits per heavy atom. The number of pyridine rings is 1. The summed E-state index contributed by atoms with van der Waals surface area (Å²) in [7, 11) is 0. The van der Waals surface area contributed by atoms with Gasteiger partial charge in [-0.2, -0.15) is 15.8 Å². The third-order valence-electron chi connectivity index (χ3n) is 7.05. The standard InChI is InChI=1S/C36H21N5/c37-22-25-19-26(23-38)21-31(20-25)28-7-12-33(13-8-28)41(32-10-5-27(6-11-32)29-15-17-40-18-16-29)36-14-9-30(24-39)34-3-1-2-4-35(34)36/h1-21H. The van der Waals surface area contributed by atoms with Crippen molar-refractivity contribution in [1.82, 2.24) is 4.98 Å². The van der Waals surface area contributed by atoms with Gasteiger partial charge in [0.1, 0.15) is 0 Å². The molecule has 6 rings (SSSR count). The molecule has 0 amide bonds. The number of rotatable bonds is 5. The number of hydrogen-bond donors (Lipinski definition) is 0. The van der Waals surface area contributed by atoms with E-state index in [1.807, 2.05) is 72.8 Å². The first-order chi connectivity index (χ1) is 20.2. The summed E-state index contributed by atoms with van der Waals surface area (Å²) >= 11 is 0. The zero-order chi connectivity index (χ0) is 28.2. The first-order valence-corrected chi connectivity index (χ1v) is 13.0. The van der Waals surface area contributed by atoms with Crippen LogP contribution in [0.4, 0.5) is 17.1 Å². The predicted octanol–water partition coefficient (Wildman–Crippen LogP) is 8.65. The van der Waals surface area contributed by atoms with Crippen molar-refractivity contribution in [3.05, 3.63) is 144 Å². The van der Waals surface area contributed by atoms with Crippen LogP contribution in [0.3, 0.4) is 0 Å². The molecule has 5 aromatic carbocycles. The van der Waals surface area contributed by atoms with E-state index in [1.54, 1.807) is 30.6 Å². The molecule has 41 heavy (non-hydrogen) atoms. The van der Waals surface area contributed by atoms with Gasteiger partial charge in [0.2, 0.25) is 0 Å². The fourth-order valence-corrected chi connectivity index (χ4v) is 5.08. The highest BCUT2D eigenvalue weighted by Gasteiger charge is 2.17. The van der Waals surface area contributed by atoms with Gasteiger partial charge >= 0.3 is 0 Å². The average molecular weight is 524 g/mol. The average Bonchev–Trinajstić information content (AvgIpc) is 3.05. The molecule has 0 radical (unpaired) electrons. The number of fused-ring (bicyclic) bond motifs is 1. The fourth-order valence-electron chi connectivity index (χ4n) is 5.08. The lowest BCUT2D eigenvalue weighted by molar-refractivity contribution is 1.29. The smallest absolute Gasteiger partial charge is 0.0998 e. The summed E-state index contributed by atoms with van der Waals surface area (Å²) in [5, 5.41) is 30.4. The molecule has 0 fully saturated rings. The van der Waals surface area contributed by atoms with Gasteiger partial charge in [-0.25, -0.2) is 0 Å². The van der Waals surface area contributed by atoms with Crippen LogP contribution in [0, 0.1) is 34.0 Å². The maximum atomic E-state index is 9.74. The van der Waals surface area contributed by atoms with Crippen molar-refractivity contribution < 1.29 is 0 Å². The van der Waals surface area contributed by atoms with E-state index in [9.17, 15) is 15.8 Å². The maximum Gasteiger partial charge on any atom is 0.0998 e. The number of anilines is 3. The van der Waals surface area contributed by atoms with E-state index in [2.05, 4.69) is 52.4 Å². The van der Waals surface area contributed by atoms with Gasteiger partial charge in [-0.15, -0.1) is 0 Å². The molecule has 0 aliphatic heterocycles. The van der Waals surface area contributed by atoms with E-state index in [0.29, 0.717) is 16.7 Å². The van der Waals surface area contributed by atoms with Crippen molar-refractivity contribution in [2.75, 3.05) is 4.90 Å². The molecule has 0 saturated carbocycles. The highest BCUT2D eigenvalue weighted by molar-refractivity contribution is 6.01. The second-order valence-corrected chi connectivity index (χ2v) is 9.48. The minimum Gasteiger partial charge on any atom is -0.310 e. The van der Waals surface area contributed by atoms with E-state index in [4.69, 9.17) is 0 Å². The molecule has 0 N–H and O–H groups in total. The Hall–Kier alpha value is -6.22. The predicted molar refractivity (Wildman–Crippen MR) is 161 cm³/mol. The summed E-state index contributed by atoms with van der Waals surface area (Å²) in [5.41, 5.74) is 8.24. The fraction of sp³-hybridized carbons (Fsp3) is 0.